The SMILES string of the molecule is CN(C(=O)OC(C)(C)C)C(C(=O)O)c1cc(F)ccc1O. The lowest BCUT2D eigenvalue weighted by atomic mass is 10.0. The van der Waals surface area contributed by atoms with Gasteiger partial charge in [0.2, 0.25) is 0 Å². The number of amides is 1. The van der Waals surface area contributed by atoms with Gasteiger partial charge in [0.05, 0.1) is 0 Å². The minimum absolute atomic E-state index is 0.226. The van der Waals surface area contributed by atoms with Crippen LogP contribution in [0.1, 0.15) is 32.4 Å². The number of carboxylic acid groups (broad SMARTS) is 1. The van der Waals surface area contributed by atoms with Gasteiger partial charge in [0.15, 0.2) is 6.04 Å². The van der Waals surface area contributed by atoms with Crippen molar-refractivity contribution in [3.05, 3.63) is 29.6 Å². The van der Waals surface area contributed by atoms with E-state index in [1.165, 1.54) is 7.05 Å². The number of carbonyl (C=O) groups is 2. The van der Waals surface area contributed by atoms with Crippen molar-refractivity contribution in [2.45, 2.75) is 32.4 Å². The zero-order valence-electron chi connectivity index (χ0n) is 12.3. The number of phenolic OH excluding ortho intramolecular Hbond substituents is 1. The first-order chi connectivity index (χ1) is 9.53. The molecule has 0 aliphatic heterocycles. The van der Waals surface area contributed by atoms with Gasteiger partial charge in [-0.25, -0.2) is 14.0 Å². The monoisotopic (exact) mass is 299 g/mol. The molecule has 0 heterocycles. The number of carboxylic acids is 1. The zero-order valence-corrected chi connectivity index (χ0v) is 12.3. The molecule has 0 bridgehead atoms. The second kappa shape index (κ2) is 5.99. The number of aromatic hydroxyl groups is 1. The maximum Gasteiger partial charge on any atom is 0.411 e. The molecule has 0 fully saturated rings. The standard InChI is InChI=1S/C14H18FNO5/c1-14(2,3)21-13(20)16(4)11(12(18)19)9-7-8(15)5-6-10(9)17/h5-7,11,17H,1-4H3,(H,18,19). The van der Waals surface area contributed by atoms with Crippen LogP contribution in [0.25, 0.3) is 0 Å². The highest BCUT2D eigenvalue weighted by atomic mass is 19.1. The van der Waals surface area contributed by atoms with Crippen molar-refractivity contribution in [3.8, 4) is 5.75 Å². The number of ether oxygens (including phenoxy) is 1. The summed E-state index contributed by atoms with van der Waals surface area (Å²) in [4.78, 5) is 24.1. The van der Waals surface area contributed by atoms with Crippen molar-refractivity contribution < 1.29 is 28.9 Å². The summed E-state index contributed by atoms with van der Waals surface area (Å²) in [6.07, 6.45) is -0.890. The van der Waals surface area contributed by atoms with E-state index in [9.17, 15) is 24.2 Å². The van der Waals surface area contributed by atoms with E-state index in [4.69, 9.17) is 4.74 Å². The molecule has 1 aromatic rings. The van der Waals surface area contributed by atoms with Crippen LogP contribution in [0.5, 0.6) is 5.75 Å². The van der Waals surface area contributed by atoms with Crippen molar-refractivity contribution in [2.24, 2.45) is 0 Å². The van der Waals surface area contributed by atoms with Crippen LogP contribution in [0.3, 0.4) is 0 Å². The number of aliphatic carboxylic acids is 1. The fourth-order valence-corrected chi connectivity index (χ4v) is 1.69. The molecule has 0 aliphatic rings. The van der Waals surface area contributed by atoms with Crippen molar-refractivity contribution in [1.29, 1.82) is 0 Å². The van der Waals surface area contributed by atoms with Gasteiger partial charge in [-0.15, -0.1) is 0 Å². The normalized spacial score (nSPS) is 12.6. The van der Waals surface area contributed by atoms with Gasteiger partial charge in [0.1, 0.15) is 17.2 Å². The van der Waals surface area contributed by atoms with Gasteiger partial charge in [-0.05, 0) is 39.0 Å². The quantitative estimate of drug-likeness (QED) is 0.895. The first kappa shape index (κ1) is 16.7. The van der Waals surface area contributed by atoms with Crippen LogP contribution in [-0.4, -0.2) is 39.8 Å². The Morgan fingerprint density at radius 3 is 2.38 bits per heavy atom. The van der Waals surface area contributed by atoms with Crippen LogP contribution in [0.15, 0.2) is 18.2 Å². The first-order valence-corrected chi connectivity index (χ1v) is 6.20. The first-order valence-electron chi connectivity index (χ1n) is 6.20. The minimum atomic E-state index is -1.56. The summed E-state index contributed by atoms with van der Waals surface area (Å²) in [6, 6.07) is 1.33. The van der Waals surface area contributed by atoms with Gasteiger partial charge < -0.3 is 14.9 Å². The Hall–Kier alpha value is -2.31. The van der Waals surface area contributed by atoms with Gasteiger partial charge in [-0.2, -0.15) is 0 Å². The molecule has 6 nitrogen and oxygen atoms in total. The van der Waals surface area contributed by atoms with Gasteiger partial charge in [-0.3, -0.25) is 4.90 Å². The Morgan fingerprint density at radius 1 is 1.33 bits per heavy atom. The number of halogens is 1. The number of benzene rings is 1. The maximum absolute atomic E-state index is 13.3. The summed E-state index contributed by atoms with van der Waals surface area (Å²) in [5.41, 5.74) is -1.03. The van der Waals surface area contributed by atoms with E-state index >= 15 is 0 Å². The van der Waals surface area contributed by atoms with Crippen molar-refractivity contribution in [3.63, 3.8) is 0 Å². The van der Waals surface area contributed by atoms with E-state index in [-0.39, 0.29) is 5.56 Å². The smallest absolute Gasteiger partial charge is 0.411 e. The molecular formula is C14H18FNO5. The highest BCUT2D eigenvalue weighted by Gasteiger charge is 2.33. The summed E-state index contributed by atoms with van der Waals surface area (Å²) in [5, 5.41) is 19.0. The van der Waals surface area contributed by atoms with E-state index in [2.05, 4.69) is 0 Å². The Kier molecular flexibility index (Phi) is 4.77. The van der Waals surface area contributed by atoms with Crippen molar-refractivity contribution in [2.75, 3.05) is 7.05 Å². The van der Waals surface area contributed by atoms with Crippen LogP contribution in [0.4, 0.5) is 9.18 Å². The third-order valence-electron chi connectivity index (χ3n) is 2.59. The second-order valence-electron chi connectivity index (χ2n) is 5.54. The highest BCUT2D eigenvalue weighted by molar-refractivity contribution is 5.82. The Balaban J connectivity index is 3.15. The summed E-state index contributed by atoms with van der Waals surface area (Å²) in [6.45, 7) is 4.90. The maximum atomic E-state index is 13.3. The van der Waals surface area contributed by atoms with E-state index in [0.717, 1.165) is 23.1 Å². The van der Waals surface area contributed by atoms with E-state index < -0.39 is 35.3 Å². The summed E-state index contributed by atoms with van der Waals surface area (Å²) >= 11 is 0. The highest BCUT2D eigenvalue weighted by Crippen LogP contribution is 2.30. The number of hydrogen-bond acceptors (Lipinski definition) is 4. The lowest BCUT2D eigenvalue weighted by molar-refractivity contribution is -0.143. The van der Waals surface area contributed by atoms with Crippen LogP contribution >= 0.6 is 0 Å². The molecule has 116 valence electrons. The fourth-order valence-electron chi connectivity index (χ4n) is 1.69. The lowest BCUT2D eigenvalue weighted by Gasteiger charge is -2.29. The average Bonchev–Trinajstić information content (AvgIpc) is 2.31. The third kappa shape index (κ3) is 4.34. The van der Waals surface area contributed by atoms with Crippen molar-refractivity contribution in [1.82, 2.24) is 4.90 Å². The summed E-state index contributed by atoms with van der Waals surface area (Å²) in [7, 11) is 1.21. The zero-order chi connectivity index (χ0) is 16.4. The molecule has 1 amide bonds. The molecule has 1 rings (SSSR count). The van der Waals surface area contributed by atoms with Gasteiger partial charge in [-0.1, -0.05) is 0 Å². The molecular weight excluding hydrogens is 281 g/mol. The number of carbonyl (C=O) groups excluding carboxylic acids is 1. The Bertz CT molecular complexity index is 553. The fraction of sp³-hybridized carbons (Fsp3) is 0.429. The molecule has 0 spiro atoms. The largest absolute Gasteiger partial charge is 0.508 e. The third-order valence-corrected chi connectivity index (χ3v) is 2.59. The molecule has 0 saturated carbocycles. The van der Waals surface area contributed by atoms with E-state index in [1.54, 1.807) is 20.8 Å². The van der Waals surface area contributed by atoms with Crippen LogP contribution in [0, 0.1) is 5.82 Å². The number of likely N-dealkylation sites (N-methyl/N-ethyl adjacent to an activating group) is 1. The van der Waals surface area contributed by atoms with Crippen molar-refractivity contribution >= 4 is 12.1 Å². The molecule has 1 unspecified atom stereocenters. The van der Waals surface area contributed by atoms with Gasteiger partial charge >= 0.3 is 12.1 Å². The molecule has 1 aromatic carbocycles. The predicted molar refractivity (Wildman–Crippen MR) is 72.4 cm³/mol. The molecule has 1 atom stereocenters. The molecule has 7 heteroatoms. The molecule has 2 N–H and O–H groups in total. The Morgan fingerprint density at radius 2 is 1.90 bits per heavy atom. The van der Waals surface area contributed by atoms with Crippen LogP contribution < -0.4 is 0 Å². The topological polar surface area (TPSA) is 87.1 Å². The van der Waals surface area contributed by atoms with E-state index in [1.807, 2.05) is 0 Å². The van der Waals surface area contributed by atoms with Gasteiger partial charge in [0.25, 0.3) is 0 Å². The molecule has 21 heavy (non-hydrogen) atoms. The van der Waals surface area contributed by atoms with E-state index in [0.29, 0.717) is 0 Å². The lowest BCUT2D eigenvalue weighted by Crippen LogP contribution is -2.39. The average molecular weight is 299 g/mol. The van der Waals surface area contributed by atoms with Crippen LogP contribution in [0.2, 0.25) is 0 Å². The minimum Gasteiger partial charge on any atom is -0.508 e. The summed E-state index contributed by atoms with van der Waals surface area (Å²) in [5.74, 6) is -2.55. The van der Waals surface area contributed by atoms with Gasteiger partial charge in [0, 0.05) is 12.6 Å². The summed E-state index contributed by atoms with van der Waals surface area (Å²) < 4.78 is 18.3. The molecule has 0 saturated heterocycles. The number of nitrogens with zero attached hydrogens (tertiary/aromatic N) is 1. The Labute approximate surface area is 121 Å². The molecule has 0 aromatic heterocycles. The predicted octanol–water partition coefficient (Wildman–Crippen LogP) is 2.52. The molecule has 0 aliphatic carbocycles. The second-order valence-corrected chi connectivity index (χ2v) is 5.54. The van der Waals surface area contributed by atoms with Crippen LogP contribution in [-0.2, 0) is 9.53 Å². The number of hydrogen-bond donors (Lipinski definition) is 2. The molecule has 0 radical (unpaired) electrons. The number of rotatable bonds is 3. The number of phenols is 1.